The lowest BCUT2D eigenvalue weighted by molar-refractivity contribution is -0.140. The lowest BCUT2D eigenvalue weighted by Gasteiger charge is -2.32. The number of hydrogen-bond acceptors (Lipinski definition) is 4. The van der Waals surface area contributed by atoms with E-state index in [1.807, 2.05) is 19.9 Å². The highest BCUT2D eigenvalue weighted by atomic mass is 35.5. The number of aryl methyl sites for hydroxylation is 2. The molecular weight excluding hydrogens is 450 g/mol. The average Bonchev–Trinajstić information content (AvgIpc) is 2.74. The molecule has 0 aromatic heterocycles. The number of hydrogen-bond donors (Lipinski definition) is 1. The zero-order chi connectivity index (χ0) is 24.1. The number of nitrogens with one attached hydrogen (secondary N) is 1. The Morgan fingerprint density at radius 1 is 1.09 bits per heavy atom. The molecule has 32 heavy (non-hydrogen) atoms. The molecule has 0 aliphatic rings. The van der Waals surface area contributed by atoms with Crippen molar-refractivity contribution in [3.8, 4) is 0 Å². The number of carbonyl (C=O) groups is 2. The van der Waals surface area contributed by atoms with E-state index in [2.05, 4.69) is 5.32 Å². The number of nitrogens with zero attached hydrogens (tertiary/aromatic N) is 2. The van der Waals surface area contributed by atoms with Crippen molar-refractivity contribution in [3.05, 3.63) is 64.2 Å². The number of amides is 2. The molecule has 0 bridgehead atoms. The van der Waals surface area contributed by atoms with Crippen molar-refractivity contribution in [2.24, 2.45) is 0 Å². The molecule has 0 saturated carbocycles. The first-order valence-electron chi connectivity index (χ1n) is 10.3. The first-order valence-corrected chi connectivity index (χ1v) is 12.5. The molecule has 1 N–H and O–H groups in total. The van der Waals surface area contributed by atoms with Gasteiger partial charge in [0.2, 0.25) is 21.8 Å². The van der Waals surface area contributed by atoms with Gasteiger partial charge in [-0.15, -0.1) is 0 Å². The molecule has 0 aliphatic heterocycles. The van der Waals surface area contributed by atoms with E-state index in [4.69, 9.17) is 11.6 Å². The lowest BCUT2D eigenvalue weighted by atomic mass is 10.1. The molecule has 2 rings (SSSR count). The maximum atomic E-state index is 13.5. The molecule has 1 atom stereocenters. The molecule has 174 valence electrons. The minimum Gasteiger partial charge on any atom is -0.357 e. The van der Waals surface area contributed by atoms with Gasteiger partial charge >= 0.3 is 0 Å². The highest BCUT2D eigenvalue weighted by Crippen LogP contribution is 2.23. The molecule has 2 aromatic carbocycles. The van der Waals surface area contributed by atoms with Crippen LogP contribution >= 0.6 is 11.6 Å². The minimum atomic E-state index is -3.76. The van der Waals surface area contributed by atoms with Crippen molar-refractivity contribution in [1.82, 2.24) is 10.2 Å². The molecular formula is C23H30ClN3O4S. The summed E-state index contributed by atoms with van der Waals surface area (Å²) < 4.78 is 26.2. The third kappa shape index (κ3) is 6.23. The Kier molecular flexibility index (Phi) is 8.69. The number of sulfonamides is 1. The van der Waals surface area contributed by atoms with Crippen LogP contribution in [0.5, 0.6) is 0 Å². The van der Waals surface area contributed by atoms with E-state index < -0.39 is 28.5 Å². The highest BCUT2D eigenvalue weighted by molar-refractivity contribution is 7.92. The zero-order valence-electron chi connectivity index (χ0n) is 19.1. The van der Waals surface area contributed by atoms with Crippen LogP contribution in [0.25, 0.3) is 0 Å². The minimum absolute atomic E-state index is 0.0783. The third-order valence-corrected chi connectivity index (χ3v) is 6.90. The summed E-state index contributed by atoms with van der Waals surface area (Å²) in [6.07, 6.45) is 1.42. The molecule has 0 fully saturated rings. The van der Waals surface area contributed by atoms with Gasteiger partial charge in [0.25, 0.3) is 0 Å². The number of rotatable bonds is 9. The summed E-state index contributed by atoms with van der Waals surface area (Å²) >= 11 is 6.30. The molecule has 1 unspecified atom stereocenters. The summed E-state index contributed by atoms with van der Waals surface area (Å²) in [5, 5.41) is 3.05. The molecule has 2 amide bonds. The lowest BCUT2D eigenvalue weighted by Crippen LogP contribution is -2.51. The van der Waals surface area contributed by atoms with E-state index in [0.717, 1.165) is 21.7 Å². The first-order chi connectivity index (χ1) is 15.0. The Morgan fingerprint density at radius 3 is 2.28 bits per heavy atom. The topological polar surface area (TPSA) is 86.8 Å². The summed E-state index contributed by atoms with van der Waals surface area (Å²) in [4.78, 5) is 27.4. The predicted molar refractivity (Wildman–Crippen MR) is 128 cm³/mol. The van der Waals surface area contributed by atoms with Crippen LogP contribution in [0.3, 0.4) is 0 Å². The molecule has 0 saturated heterocycles. The van der Waals surface area contributed by atoms with Gasteiger partial charge in [0.15, 0.2) is 0 Å². The average molecular weight is 480 g/mol. The standard InChI is InChI=1S/C23H30ClN3O4S/c1-6-21(23(29)25-4)26(14-18-9-7-8-10-20(18)24)22(28)15-27(32(5,30)31)19-12-11-16(2)17(3)13-19/h7-13,21H,6,14-15H2,1-5H3,(H,25,29). The van der Waals surface area contributed by atoms with Crippen LogP contribution in [0.1, 0.15) is 30.0 Å². The smallest absolute Gasteiger partial charge is 0.244 e. The Balaban J connectivity index is 2.46. The SMILES string of the molecule is CCC(C(=O)NC)N(Cc1ccccc1Cl)C(=O)CN(c1ccc(C)c(C)c1)S(C)(=O)=O. The second-order valence-corrected chi connectivity index (χ2v) is 10.0. The highest BCUT2D eigenvalue weighted by Gasteiger charge is 2.31. The number of benzene rings is 2. The van der Waals surface area contributed by atoms with Gasteiger partial charge in [-0.2, -0.15) is 0 Å². The predicted octanol–water partition coefficient (Wildman–Crippen LogP) is 3.28. The van der Waals surface area contributed by atoms with Crippen LogP contribution in [0.4, 0.5) is 5.69 Å². The Morgan fingerprint density at radius 2 is 1.75 bits per heavy atom. The molecule has 2 aromatic rings. The largest absolute Gasteiger partial charge is 0.357 e. The van der Waals surface area contributed by atoms with Crippen LogP contribution in [-0.2, 0) is 26.2 Å². The van der Waals surface area contributed by atoms with E-state index in [1.54, 1.807) is 43.3 Å². The Labute approximate surface area is 195 Å². The van der Waals surface area contributed by atoms with E-state index in [9.17, 15) is 18.0 Å². The number of carbonyl (C=O) groups excluding carboxylic acids is 2. The van der Waals surface area contributed by atoms with Gasteiger partial charge in [-0.05, 0) is 55.2 Å². The van der Waals surface area contributed by atoms with Crippen LogP contribution < -0.4 is 9.62 Å². The Hall–Kier alpha value is -2.58. The fourth-order valence-corrected chi connectivity index (χ4v) is 4.43. The third-order valence-electron chi connectivity index (χ3n) is 5.39. The van der Waals surface area contributed by atoms with Gasteiger partial charge in [0.05, 0.1) is 11.9 Å². The van der Waals surface area contributed by atoms with Gasteiger partial charge in [-0.25, -0.2) is 8.42 Å². The van der Waals surface area contributed by atoms with Gasteiger partial charge in [-0.3, -0.25) is 13.9 Å². The van der Waals surface area contributed by atoms with Gasteiger partial charge in [0, 0.05) is 18.6 Å². The number of anilines is 1. The zero-order valence-corrected chi connectivity index (χ0v) is 20.6. The molecule has 7 nitrogen and oxygen atoms in total. The van der Waals surface area contributed by atoms with Crippen molar-refractivity contribution in [2.75, 3.05) is 24.2 Å². The fourth-order valence-electron chi connectivity index (χ4n) is 3.39. The maximum Gasteiger partial charge on any atom is 0.244 e. The molecule has 0 spiro atoms. The second kappa shape index (κ2) is 10.8. The number of halogens is 1. The van der Waals surface area contributed by atoms with E-state index >= 15 is 0 Å². The van der Waals surface area contributed by atoms with Crippen LogP contribution in [0.15, 0.2) is 42.5 Å². The summed E-state index contributed by atoms with van der Waals surface area (Å²) in [5.41, 5.74) is 2.99. The van der Waals surface area contributed by atoms with Crippen molar-refractivity contribution in [1.29, 1.82) is 0 Å². The van der Waals surface area contributed by atoms with Crippen LogP contribution in [0.2, 0.25) is 5.02 Å². The summed E-state index contributed by atoms with van der Waals surface area (Å²) in [6, 6.07) is 11.5. The fraction of sp³-hybridized carbons (Fsp3) is 0.391. The quantitative estimate of drug-likeness (QED) is 0.598. The van der Waals surface area contributed by atoms with E-state index in [0.29, 0.717) is 22.7 Å². The maximum absolute atomic E-state index is 13.5. The molecule has 0 heterocycles. The molecule has 0 radical (unpaired) electrons. The van der Waals surface area contributed by atoms with Crippen LogP contribution in [-0.4, -0.2) is 51.0 Å². The van der Waals surface area contributed by atoms with Crippen molar-refractivity contribution < 1.29 is 18.0 Å². The molecule has 9 heteroatoms. The van der Waals surface area contributed by atoms with Gasteiger partial charge in [-0.1, -0.05) is 42.8 Å². The van der Waals surface area contributed by atoms with Gasteiger partial charge < -0.3 is 10.2 Å². The van der Waals surface area contributed by atoms with Crippen molar-refractivity contribution >= 4 is 39.1 Å². The van der Waals surface area contributed by atoms with Crippen molar-refractivity contribution in [2.45, 2.75) is 39.8 Å². The summed E-state index contributed by atoms with van der Waals surface area (Å²) in [7, 11) is -2.26. The van der Waals surface area contributed by atoms with Gasteiger partial charge in [0.1, 0.15) is 12.6 Å². The second-order valence-electron chi connectivity index (χ2n) is 7.69. The summed E-state index contributed by atoms with van der Waals surface area (Å²) in [5.74, 6) is -0.825. The van der Waals surface area contributed by atoms with Crippen molar-refractivity contribution in [3.63, 3.8) is 0 Å². The first kappa shape index (κ1) is 25.7. The Bertz CT molecular complexity index is 1090. The normalized spacial score (nSPS) is 12.2. The van der Waals surface area contributed by atoms with E-state index in [1.165, 1.54) is 11.9 Å². The number of likely N-dealkylation sites (N-methyl/N-ethyl adjacent to an activating group) is 1. The monoisotopic (exact) mass is 479 g/mol. The van der Waals surface area contributed by atoms with E-state index in [-0.39, 0.29) is 12.5 Å². The molecule has 0 aliphatic carbocycles. The summed E-state index contributed by atoms with van der Waals surface area (Å²) in [6.45, 7) is 5.25. The van der Waals surface area contributed by atoms with Crippen LogP contribution in [0, 0.1) is 13.8 Å².